The number of nitrogens with zero attached hydrogens (tertiary/aromatic N) is 2. The van der Waals surface area contributed by atoms with Crippen molar-refractivity contribution in [1.29, 1.82) is 0 Å². The van der Waals surface area contributed by atoms with Crippen LogP contribution in [0.2, 0.25) is 0 Å². The maximum absolute atomic E-state index is 13.5. The molecule has 0 radical (unpaired) electrons. The van der Waals surface area contributed by atoms with E-state index in [4.69, 9.17) is 9.47 Å². The van der Waals surface area contributed by atoms with Crippen LogP contribution in [-0.4, -0.2) is 64.6 Å². The summed E-state index contributed by atoms with van der Waals surface area (Å²) < 4.78 is 38.1. The Kier molecular flexibility index (Phi) is 9.84. The lowest BCUT2D eigenvalue weighted by Gasteiger charge is -2.26. The second kappa shape index (κ2) is 13.3. The molecule has 8 nitrogen and oxygen atoms in total. The van der Waals surface area contributed by atoms with Crippen LogP contribution >= 0.6 is 0 Å². The maximum atomic E-state index is 13.5. The summed E-state index contributed by atoms with van der Waals surface area (Å²) in [6.45, 7) is 5.06. The van der Waals surface area contributed by atoms with Gasteiger partial charge in [-0.05, 0) is 61.2 Å². The summed E-state index contributed by atoms with van der Waals surface area (Å²) in [6.07, 6.45) is 0.888. The second-order valence-electron chi connectivity index (χ2n) is 10.2. The Hall–Kier alpha value is -3.40. The van der Waals surface area contributed by atoms with Crippen LogP contribution in [0.1, 0.15) is 47.8 Å². The van der Waals surface area contributed by atoms with Crippen LogP contribution in [-0.2, 0) is 21.2 Å². The van der Waals surface area contributed by atoms with E-state index in [9.17, 15) is 13.2 Å². The molecule has 0 unspecified atom stereocenters. The summed E-state index contributed by atoms with van der Waals surface area (Å²) in [5.74, 6) is 0.584. The summed E-state index contributed by atoms with van der Waals surface area (Å²) in [5.41, 5.74) is 3.07. The van der Waals surface area contributed by atoms with Crippen LogP contribution < -0.4 is 14.4 Å². The van der Waals surface area contributed by atoms with Gasteiger partial charge in [-0.3, -0.25) is 14.0 Å². The third-order valence-corrected chi connectivity index (χ3v) is 9.38. The highest BCUT2D eigenvalue weighted by Crippen LogP contribution is 2.28. The van der Waals surface area contributed by atoms with E-state index >= 15 is 0 Å². The standard InChI is InChI=1S/C31H39N3O5S/c1-5-17-40(36,37)33(3)27-15-9-14-26(19-27)31(35)32-29(18-24-11-7-6-8-12-24)30-21-34(22-39-30)23(2)25-13-10-16-28(20-25)38-4/h6-16,19-20,23,29-30H,5,17-18,21-22H2,1-4H3,(H,32,35)/t23-,29+,30-/m1/s1. The van der Waals surface area contributed by atoms with Crippen LogP contribution in [0.3, 0.4) is 0 Å². The van der Waals surface area contributed by atoms with Crippen molar-refractivity contribution in [3.05, 3.63) is 95.6 Å². The summed E-state index contributed by atoms with van der Waals surface area (Å²) in [6, 6.07) is 24.6. The molecule has 214 valence electrons. The van der Waals surface area contributed by atoms with E-state index in [0.29, 0.717) is 37.4 Å². The molecule has 0 spiro atoms. The summed E-state index contributed by atoms with van der Waals surface area (Å²) in [4.78, 5) is 15.7. The number of hydrogen-bond donors (Lipinski definition) is 1. The van der Waals surface area contributed by atoms with Gasteiger partial charge < -0.3 is 14.8 Å². The summed E-state index contributed by atoms with van der Waals surface area (Å²) >= 11 is 0. The summed E-state index contributed by atoms with van der Waals surface area (Å²) in [5, 5.41) is 3.19. The topological polar surface area (TPSA) is 88.2 Å². The minimum absolute atomic E-state index is 0.0444. The molecule has 0 bridgehead atoms. The fourth-order valence-electron chi connectivity index (χ4n) is 4.95. The highest BCUT2D eigenvalue weighted by molar-refractivity contribution is 7.92. The number of hydrogen-bond acceptors (Lipinski definition) is 6. The highest BCUT2D eigenvalue weighted by Gasteiger charge is 2.34. The number of methoxy groups -OCH3 is 1. The van der Waals surface area contributed by atoms with E-state index in [2.05, 4.69) is 23.2 Å². The number of benzene rings is 3. The highest BCUT2D eigenvalue weighted by atomic mass is 32.2. The van der Waals surface area contributed by atoms with E-state index in [0.717, 1.165) is 16.9 Å². The summed E-state index contributed by atoms with van der Waals surface area (Å²) in [7, 11) is -0.277. The Balaban J connectivity index is 1.52. The average Bonchev–Trinajstić information content (AvgIpc) is 3.47. The van der Waals surface area contributed by atoms with Gasteiger partial charge >= 0.3 is 0 Å². The van der Waals surface area contributed by atoms with Gasteiger partial charge in [0.1, 0.15) is 12.5 Å². The number of ether oxygens (including phenoxy) is 2. The predicted octanol–water partition coefficient (Wildman–Crippen LogP) is 4.63. The smallest absolute Gasteiger partial charge is 0.251 e. The molecule has 1 aliphatic heterocycles. The molecule has 9 heteroatoms. The normalized spacial score (nSPS) is 17.2. The van der Waals surface area contributed by atoms with Crippen molar-refractivity contribution < 1.29 is 22.7 Å². The number of nitrogens with one attached hydrogen (secondary N) is 1. The van der Waals surface area contributed by atoms with Gasteiger partial charge in [0.15, 0.2) is 0 Å². The first-order valence-electron chi connectivity index (χ1n) is 13.6. The molecular formula is C31H39N3O5S. The van der Waals surface area contributed by atoms with Gasteiger partial charge in [-0.2, -0.15) is 0 Å². The fraction of sp³-hybridized carbons (Fsp3) is 0.387. The van der Waals surface area contributed by atoms with Gasteiger partial charge in [0.2, 0.25) is 10.0 Å². The molecule has 0 aromatic heterocycles. The Bertz CT molecular complexity index is 1380. The molecule has 1 fully saturated rings. The van der Waals surface area contributed by atoms with Gasteiger partial charge in [-0.25, -0.2) is 8.42 Å². The zero-order chi connectivity index (χ0) is 28.7. The Morgan fingerprint density at radius 1 is 1.10 bits per heavy atom. The van der Waals surface area contributed by atoms with Gasteiger partial charge in [0.05, 0.1) is 30.7 Å². The van der Waals surface area contributed by atoms with E-state index < -0.39 is 10.0 Å². The number of rotatable bonds is 12. The van der Waals surface area contributed by atoms with Crippen molar-refractivity contribution in [2.75, 3.05) is 37.5 Å². The molecule has 3 atom stereocenters. The van der Waals surface area contributed by atoms with Crippen molar-refractivity contribution in [2.45, 2.75) is 44.9 Å². The molecule has 0 saturated carbocycles. The molecule has 1 amide bonds. The third kappa shape index (κ3) is 7.21. The molecule has 1 N–H and O–H groups in total. The first-order valence-corrected chi connectivity index (χ1v) is 15.2. The quantitative estimate of drug-likeness (QED) is 0.345. The predicted molar refractivity (Wildman–Crippen MR) is 158 cm³/mol. The number of sulfonamides is 1. The molecular weight excluding hydrogens is 526 g/mol. The SMILES string of the molecule is CCCS(=O)(=O)N(C)c1cccc(C(=O)N[C@@H](Cc2ccccc2)[C@H]2CN([C@H](C)c3cccc(OC)c3)CO2)c1. The zero-order valence-corrected chi connectivity index (χ0v) is 24.4. The maximum Gasteiger partial charge on any atom is 0.251 e. The average molecular weight is 566 g/mol. The number of carbonyl (C=O) groups excluding carboxylic acids is 1. The first-order chi connectivity index (χ1) is 19.2. The van der Waals surface area contributed by atoms with E-state index in [1.165, 1.54) is 11.4 Å². The van der Waals surface area contributed by atoms with Crippen LogP contribution in [0, 0.1) is 0 Å². The minimum Gasteiger partial charge on any atom is -0.497 e. The molecule has 1 heterocycles. The number of amides is 1. The van der Waals surface area contributed by atoms with Crippen LogP contribution in [0.4, 0.5) is 5.69 Å². The fourth-order valence-corrected chi connectivity index (χ4v) is 6.17. The lowest BCUT2D eigenvalue weighted by atomic mass is 9.99. The van der Waals surface area contributed by atoms with Crippen molar-refractivity contribution in [2.24, 2.45) is 0 Å². The molecule has 40 heavy (non-hydrogen) atoms. The van der Waals surface area contributed by atoms with E-state index in [1.54, 1.807) is 31.4 Å². The van der Waals surface area contributed by atoms with Crippen molar-refractivity contribution >= 4 is 21.6 Å². The number of anilines is 1. The molecule has 1 saturated heterocycles. The Morgan fingerprint density at radius 3 is 2.58 bits per heavy atom. The van der Waals surface area contributed by atoms with Gasteiger partial charge in [-0.1, -0.05) is 55.5 Å². The number of carbonyl (C=O) groups is 1. The lowest BCUT2D eigenvalue weighted by molar-refractivity contribution is 0.0559. The lowest BCUT2D eigenvalue weighted by Crippen LogP contribution is -2.46. The van der Waals surface area contributed by atoms with Crippen molar-refractivity contribution in [1.82, 2.24) is 10.2 Å². The van der Waals surface area contributed by atoms with Gasteiger partial charge in [0.25, 0.3) is 5.91 Å². The van der Waals surface area contributed by atoms with E-state index in [1.807, 2.05) is 55.5 Å². The van der Waals surface area contributed by atoms with Crippen molar-refractivity contribution in [3.8, 4) is 5.75 Å². The van der Waals surface area contributed by atoms with Gasteiger partial charge in [-0.15, -0.1) is 0 Å². The van der Waals surface area contributed by atoms with Crippen molar-refractivity contribution in [3.63, 3.8) is 0 Å². The van der Waals surface area contributed by atoms with Crippen LogP contribution in [0.5, 0.6) is 5.75 Å². The molecule has 0 aliphatic carbocycles. The Morgan fingerprint density at radius 2 is 1.85 bits per heavy atom. The van der Waals surface area contributed by atoms with E-state index in [-0.39, 0.29) is 29.8 Å². The first kappa shape index (κ1) is 29.6. The molecule has 3 aromatic rings. The molecule has 4 rings (SSSR count). The third-order valence-electron chi connectivity index (χ3n) is 7.41. The zero-order valence-electron chi connectivity index (χ0n) is 23.6. The van der Waals surface area contributed by atoms with Crippen LogP contribution in [0.25, 0.3) is 0 Å². The largest absolute Gasteiger partial charge is 0.497 e. The van der Waals surface area contributed by atoms with Gasteiger partial charge in [0, 0.05) is 25.2 Å². The second-order valence-corrected chi connectivity index (χ2v) is 12.3. The molecule has 1 aliphatic rings. The molecule has 3 aromatic carbocycles. The minimum atomic E-state index is -3.46. The monoisotopic (exact) mass is 565 g/mol. The Labute approximate surface area is 238 Å². The van der Waals surface area contributed by atoms with Crippen LogP contribution in [0.15, 0.2) is 78.9 Å².